The van der Waals surface area contributed by atoms with Crippen LogP contribution in [0.25, 0.3) is 0 Å². The highest BCUT2D eigenvalue weighted by atomic mass is 35.5. The molecule has 0 radical (unpaired) electrons. The molecule has 19 heavy (non-hydrogen) atoms. The van der Waals surface area contributed by atoms with E-state index in [0.717, 1.165) is 5.56 Å². The number of nitrogens with zero attached hydrogens (tertiary/aromatic N) is 3. The molecule has 1 heterocycles. The number of rotatable bonds is 5. The van der Waals surface area contributed by atoms with E-state index in [1.54, 1.807) is 23.9 Å². The van der Waals surface area contributed by atoms with Gasteiger partial charge in [0, 0.05) is 18.5 Å². The second-order valence-corrected chi connectivity index (χ2v) is 4.81. The smallest absolute Gasteiger partial charge is 0.307 e. The molecule has 0 saturated heterocycles. The third-order valence-electron chi connectivity index (χ3n) is 2.95. The number of hydrogen-bond acceptors (Lipinski definition) is 3. The Labute approximate surface area is 115 Å². The van der Waals surface area contributed by atoms with E-state index in [2.05, 4.69) is 10.1 Å². The van der Waals surface area contributed by atoms with Crippen molar-refractivity contribution in [3.8, 4) is 0 Å². The summed E-state index contributed by atoms with van der Waals surface area (Å²) >= 11 is 5.90. The highest BCUT2D eigenvalue weighted by Gasteiger charge is 2.21. The Morgan fingerprint density at radius 3 is 2.84 bits per heavy atom. The molecule has 0 fully saturated rings. The first-order valence-electron chi connectivity index (χ1n) is 5.86. The van der Waals surface area contributed by atoms with Gasteiger partial charge in [-0.15, -0.1) is 0 Å². The Bertz CT molecular complexity index is 583. The van der Waals surface area contributed by atoms with Crippen LogP contribution in [0.15, 0.2) is 30.6 Å². The van der Waals surface area contributed by atoms with E-state index in [-0.39, 0.29) is 0 Å². The lowest BCUT2D eigenvalue weighted by Gasteiger charge is -2.12. The number of carboxylic acid groups (broad SMARTS) is 1. The zero-order chi connectivity index (χ0) is 13.8. The van der Waals surface area contributed by atoms with E-state index in [1.807, 2.05) is 12.1 Å². The number of benzene rings is 1. The van der Waals surface area contributed by atoms with Gasteiger partial charge in [-0.25, -0.2) is 4.98 Å². The highest BCUT2D eigenvalue weighted by Crippen LogP contribution is 2.17. The molecule has 1 N–H and O–H groups in total. The number of halogens is 1. The summed E-state index contributed by atoms with van der Waals surface area (Å²) in [5, 5.41) is 13.9. The van der Waals surface area contributed by atoms with Crippen LogP contribution < -0.4 is 0 Å². The molecule has 0 aliphatic heterocycles. The Morgan fingerprint density at radius 2 is 2.26 bits per heavy atom. The van der Waals surface area contributed by atoms with Gasteiger partial charge in [0.25, 0.3) is 0 Å². The number of carbonyl (C=O) groups is 1. The molecule has 2 aromatic rings. The normalized spacial score (nSPS) is 12.3. The lowest BCUT2D eigenvalue weighted by Crippen LogP contribution is -2.21. The summed E-state index contributed by atoms with van der Waals surface area (Å²) in [5.74, 6) is -0.723. The SMILES string of the molecule is Cn1ncnc1CC(Cc1cccc(Cl)c1)C(=O)O. The van der Waals surface area contributed by atoms with Gasteiger partial charge in [0.05, 0.1) is 5.92 Å². The molecule has 0 aliphatic rings. The maximum Gasteiger partial charge on any atom is 0.307 e. The summed E-state index contributed by atoms with van der Waals surface area (Å²) in [6.45, 7) is 0. The first-order chi connectivity index (χ1) is 9.06. The van der Waals surface area contributed by atoms with Gasteiger partial charge in [0.2, 0.25) is 0 Å². The van der Waals surface area contributed by atoms with Crippen molar-refractivity contribution in [3.05, 3.63) is 47.0 Å². The van der Waals surface area contributed by atoms with E-state index in [4.69, 9.17) is 11.6 Å². The van der Waals surface area contributed by atoms with Crippen LogP contribution in [0, 0.1) is 5.92 Å². The predicted octanol–water partition coefficient (Wildman–Crippen LogP) is 1.95. The summed E-state index contributed by atoms with van der Waals surface area (Å²) in [5.41, 5.74) is 0.905. The van der Waals surface area contributed by atoms with Crippen LogP contribution in [0.2, 0.25) is 5.02 Å². The first-order valence-corrected chi connectivity index (χ1v) is 6.24. The van der Waals surface area contributed by atoms with Gasteiger partial charge >= 0.3 is 5.97 Å². The number of aliphatic carboxylic acids is 1. The maximum absolute atomic E-state index is 11.3. The molecule has 1 unspecified atom stereocenters. The van der Waals surface area contributed by atoms with Crippen molar-refractivity contribution in [1.29, 1.82) is 0 Å². The Balaban J connectivity index is 2.13. The van der Waals surface area contributed by atoms with Crippen LogP contribution in [-0.2, 0) is 24.7 Å². The Hall–Kier alpha value is -1.88. The van der Waals surface area contributed by atoms with Gasteiger partial charge in [0.15, 0.2) is 0 Å². The zero-order valence-electron chi connectivity index (χ0n) is 10.5. The molecular formula is C13H14ClN3O2. The Morgan fingerprint density at radius 1 is 1.47 bits per heavy atom. The average molecular weight is 280 g/mol. The fourth-order valence-electron chi connectivity index (χ4n) is 1.92. The minimum absolute atomic E-state index is 0.346. The van der Waals surface area contributed by atoms with Crippen LogP contribution in [0.5, 0.6) is 0 Å². The topological polar surface area (TPSA) is 68.0 Å². The summed E-state index contributed by atoms with van der Waals surface area (Å²) in [6.07, 6.45) is 2.19. The molecule has 2 rings (SSSR count). The molecule has 0 spiro atoms. The van der Waals surface area contributed by atoms with Gasteiger partial charge in [0.1, 0.15) is 12.2 Å². The fraction of sp³-hybridized carbons (Fsp3) is 0.308. The van der Waals surface area contributed by atoms with Crippen LogP contribution in [0.3, 0.4) is 0 Å². The number of aromatic nitrogens is 3. The molecule has 1 atom stereocenters. The van der Waals surface area contributed by atoms with Gasteiger partial charge in [-0.3, -0.25) is 9.48 Å². The van der Waals surface area contributed by atoms with Crippen LogP contribution in [0.1, 0.15) is 11.4 Å². The molecule has 0 amide bonds. The minimum Gasteiger partial charge on any atom is -0.481 e. The van der Waals surface area contributed by atoms with E-state index in [0.29, 0.717) is 23.7 Å². The summed E-state index contributed by atoms with van der Waals surface area (Å²) in [7, 11) is 1.75. The number of hydrogen-bond donors (Lipinski definition) is 1. The highest BCUT2D eigenvalue weighted by molar-refractivity contribution is 6.30. The number of aryl methyl sites for hydroxylation is 1. The van der Waals surface area contributed by atoms with E-state index < -0.39 is 11.9 Å². The molecule has 0 saturated carbocycles. The molecule has 6 heteroatoms. The van der Waals surface area contributed by atoms with E-state index in [9.17, 15) is 9.90 Å². The third-order valence-corrected chi connectivity index (χ3v) is 3.19. The molecule has 5 nitrogen and oxygen atoms in total. The van der Waals surface area contributed by atoms with Crippen molar-refractivity contribution >= 4 is 17.6 Å². The van der Waals surface area contributed by atoms with Crippen LogP contribution >= 0.6 is 11.6 Å². The van der Waals surface area contributed by atoms with E-state index >= 15 is 0 Å². The second kappa shape index (κ2) is 5.84. The van der Waals surface area contributed by atoms with Crippen LogP contribution in [0.4, 0.5) is 0 Å². The molecule has 1 aromatic carbocycles. The fourth-order valence-corrected chi connectivity index (χ4v) is 2.13. The predicted molar refractivity (Wildman–Crippen MR) is 71.0 cm³/mol. The first kappa shape index (κ1) is 13.5. The van der Waals surface area contributed by atoms with Crippen molar-refractivity contribution < 1.29 is 9.90 Å². The third kappa shape index (κ3) is 3.54. The molecule has 0 bridgehead atoms. The summed E-state index contributed by atoms with van der Waals surface area (Å²) in [6, 6.07) is 7.25. The van der Waals surface area contributed by atoms with Gasteiger partial charge in [-0.1, -0.05) is 23.7 Å². The van der Waals surface area contributed by atoms with Gasteiger partial charge in [-0.2, -0.15) is 5.10 Å². The van der Waals surface area contributed by atoms with Crippen molar-refractivity contribution in [2.75, 3.05) is 0 Å². The average Bonchev–Trinajstić information content (AvgIpc) is 2.74. The molecule has 1 aromatic heterocycles. The molecular weight excluding hydrogens is 266 g/mol. The number of carboxylic acids is 1. The maximum atomic E-state index is 11.3. The van der Waals surface area contributed by atoms with E-state index in [1.165, 1.54) is 6.33 Å². The van der Waals surface area contributed by atoms with Crippen LogP contribution in [-0.4, -0.2) is 25.8 Å². The van der Waals surface area contributed by atoms with Gasteiger partial charge < -0.3 is 5.11 Å². The molecule has 0 aliphatic carbocycles. The van der Waals surface area contributed by atoms with Crippen molar-refractivity contribution in [2.24, 2.45) is 13.0 Å². The lowest BCUT2D eigenvalue weighted by molar-refractivity contribution is -0.141. The monoisotopic (exact) mass is 279 g/mol. The summed E-state index contributed by atoms with van der Waals surface area (Å²) < 4.78 is 1.59. The second-order valence-electron chi connectivity index (χ2n) is 4.37. The van der Waals surface area contributed by atoms with Crippen molar-refractivity contribution in [2.45, 2.75) is 12.8 Å². The largest absolute Gasteiger partial charge is 0.481 e. The van der Waals surface area contributed by atoms with Gasteiger partial charge in [-0.05, 0) is 24.1 Å². The minimum atomic E-state index is -0.844. The quantitative estimate of drug-likeness (QED) is 0.908. The standard InChI is InChI=1S/C13H14ClN3O2/c1-17-12(15-8-16-17)7-10(13(18)19)5-9-3-2-4-11(14)6-9/h2-4,6,8,10H,5,7H2,1H3,(H,18,19). The van der Waals surface area contributed by atoms with Crippen molar-refractivity contribution in [3.63, 3.8) is 0 Å². The summed E-state index contributed by atoms with van der Waals surface area (Å²) in [4.78, 5) is 15.4. The van der Waals surface area contributed by atoms with Crippen molar-refractivity contribution in [1.82, 2.24) is 14.8 Å². The Kier molecular flexibility index (Phi) is 4.16. The lowest BCUT2D eigenvalue weighted by atomic mass is 9.96. The zero-order valence-corrected chi connectivity index (χ0v) is 11.2. The molecule has 100 valence electrons.